The number of ether oxygens (including phenoxy) is 2. The smallest absolute Gasteiger partial charge is 0.310 e. The standard InChI is InChI=1S/C24H35NO4/c1-16-12-20(25-15-16)22(28-6)17(2)21(26)14-19(23(27)29-24(3,4)5)13-18-10-8-7-9-11-18/h7-11,17,19-20,22,25H,1,12-15H2,2-6H3/t17-,19+,20-,22+/m0/s1. The Morgan fingerprint density at radius 3 is 2.41 bits per heavy atom. The quantitative estimate of drug-likeness (QED) is 0.505. The van der Waals surface area contributed by atoms with E-state index in [-0.39, 0.29) is 36.2 Å². The van der Waals surface area contributed by atoms with Crippen molar-refractivity contribution in [1.29, 1.82) is 0 Å². The first-order chi connectivity index (χ1) is 13.6. The van der Waals surface area contributed by atoms with Gasteiger partial charge in [-0.05, 0) is 39.2 Å². The summed E-state index contributed by atoms with van der Waals surface area (Å²) in [5.41, 5.74) is 1.54. The highest BCUT2D eigenvalue weighted by Crippen LogP contribution is 2.25. The third-order valence-corrected chi connectivity index (χ3v) is 5.30. The molecular weight excluding hydrogens is 366 g/mol. The summed E-state index contributed by atoms with van der Waals surface area (Å²) in [6.07, 6.45) is 1.16. The fourth-order valence-electron chi connectivity index (χ4n) is 3.81. The van der Waals surface area contributed by atoms with E-state index in [4.69, 9.17) is 9.47 Å². The van der Waals surface area contributed by atoms with Gasteiger partial charge in [-0.25, -0.2) is 0 Å². The summed E-state index contributed by atoms with van der Waals surface area (Å²) in [7, 11) is 1.63. The molecule has 0 aromatic heterocycles. The Morgan fingerprint density at radius 1 is 1.24 bits per heavy atom. The zero-order chi connectivity index (χ0) is 21.6. The highest BCUT2D eigenvalue weighted by atomic mass is 16.6. The lowest BCUT2D eigenvalue weighted by atomic mass is 9.85. The molecule has 0 amide bonds. The van der Waals surface area contributed by atoms with Crippen LogP contribution in [-0.2, 0) is 25.5 Å². The van der Waals surface area contributed by atoms with Crippen LogP contribution in [0.1, 0.15) is 46.1 Å². The van der Waals surface area contributed by atoms with Crippen LogP contribution in [0.5, 0.6) is 0 Å². The molecule has 0 spiro atoms. The number of hydrogen-bond acceptors (Lipinski definition) is 5. The molecule has 1 fully saturated rings. The summed E-state index contributed by atoms with van der Waals surface area (Å²) in [6.45, 7) is 12.2. The van der Waals surface area contributed by atoms with E-state index in [2.05, 4.69) is 11.9 Å². The largest absolute Gasteiger partial charge is 0.460 e. The van der Waals surface area contributed by atoms with Crippen LogP contribution in [0.15, 0.2) is 42.5 Å². The molecule has 5 nitrogen and oxygen atoms in total. The van der Waals surface area contributed by atoms with Crippen molar-refractivity contribution in [2.45, 2.75) is 64.7 Å². The Labute approximate surface area is 174 Å². The highest BCUT2D eigenvalue weighted by Gasteiger charge is 2.36. The number of Topliss-reactive ketones (excluding diaryl/α,β-unsaturated/α-hetero) is 1. The summed E-state index contributed by atoms with van der Waals surface area (Å²) in [6, 6.07) is 9.82. The number of benzene rings is 1. The molecule has 5 heteroatoms. The van der Waals surface area contributed by atoms with Gasteiger partial charge in [-0.3, -0.25) is 9.59 Å². The Balaban J connectivity index is 2.11. The van der Waals surface area contributed by atoms with Crippen molar-refractivity contribution in [2.75, 3.05) is 13.7 Å². The molecule has 1 aliphatic rings. The lowest BCUT2D eigenvalue weighted by molar-refractivity contribution is -0.161. The Kier molecular flexibility index (Phi) is 8.17. The van der Waals surface area contributed by atoms with E-state index < -0.39 is 11.5 Å². The van der Waals surface area contributed by atoms with Gasteiger partial charge in [-0.1, -0.05) is 49.4 Å². The normalized spacial score (nSPS) is 20.2. The third-order valence-electron chi connectivity index (χ3n) is 5.30. The van der Waals surface area contributed by atoms with Gasteiger partial charge in [0.2, 0.25) is 0 Å². The zero-order valence-corrected chi connectivity index (χ0v) is 18.4. The van der Waals surface area contributed by atoms with E-state index in [1.807, 2.05) is 58.0 Å². The molecule has 1 N–H and O–H groups in total. The molecule has 2 rings (SSSR count). The van der Waals surface area contributed by atoms with Crippen LogP contribution in [0.4, 0.5) is 0 Å². The van der Waals surface area contributed by atoms with Crippen LogP contribution in [0.3, 0.4) is 0 Å². The third kappa shape index (κ3) is 7.09. The molecule has 0 saturated carbocycles. The van der Waals surface area contributed by atoms with E-state index in [1.165, 1.54) is 0 Å². The minimum absolute atomic E-state index is 0.0166. The van der Waals surface area contributed by atoms with Gasteiger partial charge in [0, 0.05) is 32.0 Å². The van der Waals surface area contributed by atoms with Crippen molar-refractivity contribution in [1.82, 2.24) is 5.32 Å². The number of carbonyl (C=O) groups is 2. The van der Waals surface area contributed by atoms with Crippen molar-refractivity contribution in [3.05, 3.63) is 48.0 Å². The second-order valence-electron chi connectivity index (χ2n) is 9.02. The van der Waals surface area contributed by atoms with Crippen LogP contribution in [0.25, 0.3) is 0 Å². The second-order valence-corrected chi connectivity index (χ2v) is 9.02. The van der Waals surface area contributed by atoms with Crippen molar-refractivity contribution in [3.8, 4) is 0 Å². The maximum Gasteiger partial charge on any atom is 0.310 e. The average Bonchev–Trinajstić information content (AvgIpc) is 3.07. The molecule has 1 saturated heterocycles. The van der Waals surface area contributed by atoms with E-state index in [0.717, 1.165) is 24.1 Å². The number of nitrogens with one attached hydrogen (secondary N) is 1. The second kappa shape index (κ2) is 10.2. The molecule has 1 aromatic carbocycles. The molecule has 4 atom stereocenters. The first-order valence-electron chi connectivity index (χ1n) is 10.3. The number of carbonyl (C=O) groups excluding carboxylic acids is 2. The Morgan fingerprint density at radius 2 is 1.90 bits per heavy atom. The van der Waals surface area contributed by atoms with Crippen LogP contribution < -0.4 is 5.32 Å². The SMILES string of the molecule is C=C1CN[C@H]([C@H](OC)[C@@H](C)C(=O)C[C@@H](Cc2ccccc2)C(=O)OC(C)(C)C)C1. The first-order valence-corrected chi connectivity index (χ1v) is 10.3. The lowest BCUT2D eigenvalue weighted by Gasteiger charge is -2.29. The van der Waals surface area contributed by atoms with Crippen molar-refractivity contribution in [2.24, 2.45) is 11.8 Å². The van der Waals surface area contributed by atoms with E-state index in [1.54, 1.807) is 7.11 Å². The summed E-state index contributed by atoms with van der Waals surface area (Å²) >= 11 is 0. The van der Waals surface area contributed by atoms with Crippen LogP contribution >= 0.6 is 0 Å². The molecule has 160 valence electrons. The van der Waals surface area contributed by atoms with E-state index >= 15 is 0 Å². The summed E-state index contributed by atoms with van der Waals surface area (Å²) in [4.78, 5) is 25.9. The molecule has 0 radical (unpaired) electrons. The van der Waals surface area contributed by atoms with Crippen molar-refractivity contribution < 1.29 is 19.1 Å². The minimum atomic E-state index is -0.593. The summed E-state index contributed by atoms with van der Waals surface area (Å²) in [5.74, 6) is -1.16. The van der Waals surface area contributed by atoms with Crippen LogP contribution in [-0.4, -0.2) is 43.2 Å². The summed E-state index contributed by atoms with van der Waals surface area (Å²) < 4.78 is 11.3. The number of hydrogen-bond donors (Lipinski definition) is 1. The van der Waals surface area contributed by atoms with Gasteiger partial charge in [-0.2, -0.15) is 0 Å². The fraction of sp³-hybridized carbons (Fsp3) is 0.583. The van der Waals surface area contributed by atoms with Gasteiger partial charge in [-0.15, -0.1) is 0 Å². The molecule has 1 aromatic rings. The highest BCUT2D eigenvalue weighted by molar-refractivity contribution is 5.86. The van der Waals surface area contributed by atoms with Crippen molar-refractivity contribution >= 4 is 11.8 Å². The molecule has 29 heavy (non-hydrogen) atoms. The number of rotatable bonds is 9. The maximum absolute atomic E-state index is 13.1. The average molecular weight is 402 g/mol. The van der Waals surface area contributed by atoms with Gasteiger partial charge >= 0.3 is 5.97 Å². The number of esters is 1. The first kappa shape index (κ1) is 23.3. The van der Waals surface area contributed by atoms with Gasteiger partial charge in [0.05, 0.1) is 12.0 Å². The van der Waals surface area contributed by atoms with Gasteiger partial charge in [0.25, 0.3) is 0 Å². The molecular formula is C24H35NO4. The molecule has 1 aliphatic heterocycles. The van der Waals surface area contributed by atoms with E-state index in [9.17, 15) is 9.59 Å². The Bertz CT molecular complexity index is 707. The minimum Gasteiger partial charge on any atom is -0.460 e. The predicted molar refractivity (Wildman–Crippen MR) is 115 cm³/mol. The lowest BCUT2D eigenvalue weighted by Crippen LogP contribution is -2.44. The molecule has 1 heterocycles. The fourth-order valence-corrected chi connectivity index (χ4v) is 3.81. The monoisotopic (exact) mass is 401 g/mol. The Hall–Kier alpha value is -1.98. The predicted octanol–water partition coefficient (Wildman–Crippen LogP) is 3.72. The van der Waals surface area contributed by atoms with Crippen molar-refractivity contribution in [3.63, 3.8) is 0 Å². The van der Waals surface area contributed by atoms with E-state index in [0.29, 0.717) is 6.42 Å². The van der Waals surface area contributed by atoms with Crippen LogP contribution in [0, 0.1) is 11.8 Å². The van der Waals surface area contributed by atoms with Crippen LogP contribution in [0.2, 0.25) is 0 Å². The van der Waals surface area contributed by atoms with Gasteiger partial charge in [0.15, 0.2) is 0 Å². The zero-order valence-electron chi connectivity index (χ0n) is 18.4. The number of methoxy groups -OCH3 is 1. The molecule has 0 unspecified atom stereocenters. The van der Waals surface area contributed by atoms with Gasteiger partial charge in [0.1, 0.15) is 11.4 Å². The van der Waals surface area contributed by atoms with Gasteiger partial charge < -0.3 is 14.8 Å². The topological polar surface area (TPSA) is 64.6 Å². The molecule has 0 aliphatic carbocycles. The summed E-state index contributed by atoms with van der Waals surface area (Å²) in [5, 5.41) is 3.37. The number of ketones is 1. The molecule has 0 bridgehead atoms. The maximum atomic E-state index is 13.1.